The number of carbonyl (C=O) groups excluding carboxylic acids is 2. The molecule has 0 aromatic carbocycles. The standard InChI is InChI=1S/C19H20N6O2S2/c1-3-7-25-14(23-24-19(25)28)8-11-9-29-18(20-11)22-17(27)16-10(2)15-12(21-16)5-4-6-13(15)26/h3,9,21H,1,4-8H2,2H3,(H,24,28)(H,20,22,27). The molecule has 3 aromatic heterocycles. The average molecular weight is 429 g/mol. The molecule has 4 rings (SSSR count). The highest BCUT2D eigenvalue weighted by atomic mass is 32.1. The Kier molecular flexibility index (Phi) is 5.29. The number of hydrogen-bond donors (Lipinski definition) is 3. The van der Waals surface area contributed by atoms with E-state index in [1.807, 2.05) is 16.9 Å². The average Bonchev–Trinajstić information content (AvgIpc) is 3.37. The van der Waals surface area contributed by atoms with Crippen LogP contribution < -0.4 is 5.32 Å². The lowest BCUT2D eigenvalue weighted by molar-refractivity contribution is 0.0971. The maximum atomic E-state index is 12.7. The number of carbonyl (C=O) groups is 2. The zero-order chi connectivity index (χ0) is 20.5. The van der Waals surface area contributed by atoms with Crippen molar-refractivity contribution < 1.29 is 9.59 Å². The zero-order valence-corrected chi connectivity index (χ0v) is 17.5. The van der Waals surface area contributed by atoms with Gasteiger partial charge in [0.15, 0.2) is 15.7 Å². The van der Waals surface area contributed by atoms with Gasteiger partial charge in [-0.15, -0.1) is 17.9 Å². The topological polar surface area (TPSA) is 108 Å². The Labute approximate surface area is 176 Å². The van der Waals surface area contributed by atoms with E-state index in [9.17, 15) is 9.59 Å². The van der Waals surface area contributed by atoms with Gasteiger partial charge in [0.2, 0.25) is 0 Å². The number of nitrogens with zero attached hydrogens (tertiary/aromatic N) is 3. The van der Waals surface area contributed by atoms with E-state index >= 15 is 0 Å². The lowest BCUT2D eigenvalue weighted by Crippen LogP contribution is -2.14. The van der Waals surface area contributed by atoms with E-state index in [2.05, 4.69) is 32.1 Å². The number of amides is 1. The molecule has 3 heterocycles. The highest BCUT2D eigenvalue weighted by Crippen LogP contribution is 2.27. The minimum absolute atomic E-state index is 0.100. The molecule has 3 aromatic rings. The van der Waals surface area contributed by atoms with Crippen LogP contribution in [0, 0.1) is 11.7 Å². The fourth-order valence-electron chi connectivity index (χ4n) is 3.57. The maximum Gasteiger partial charge on any atom is 0.274 e. The maximum absolute atomic E-state index is 12.7. The summed E-state index contributed by atoms with van der Waals surface area (Å²) < 4.78 is 2.38. The minimum atomic E-state index is -0.292. The van der Waals surface area contributed by atoms with Gasteiger partial charge in [0.25, 0.3) is 5.91 Å². The predicted octanol–water partition coefficient (Wildman–Crippen LogP) is 3.58. The van der Waals surface area contributed by atoms with Gasteiger partial charge < -0.3 is 4.98 Å². The highest BCUT2D eigenvalue weighted by molar-refractivity contribution is 7.71. The Bertz CT molecular complexity index is 1170. The first kappa shape index (κ1) is 19.5. The van der Waals surface area contributed by atoms with Crippen molar-refractivity contribution in [2.75, 3.05) is 5.32 Å². The van der Waals surface area contributed by atoms with Gasteiger partial charge >= 0.3 is 0 Å². The van der Waals surface area contributed by atoms with Gasteiger partial charge in [-0.1, -0.05) is 6.08 Å². The van der Waals surface area contributed by atoms with Crippen molar-refractivity contribution >= 4 is 40.4 Å². The van der Waals surface area contributed by atoms with E-state index in [0.29, 0.717) is 46.1 Å². The van der Waals surface area contributed by atoms with Crippen LogP contribution in [0.5, 0.6) is 0 Å². The number of fused-ring (bicyclic) bond motifs is 1. The largest absolute Gasteiger partial charge is 0.354 e. The summed E-state index contributed by atoms with van der Waals surface area (Å²) in [7, 11) is 0. The predicted molar refractivity (Wildman–Crippen MR) is 113 cm³/mol. The number of aromatic nitrogens is 5. The highest BCUT2D eigenvalue weighted by Gasteiger charge is 2.26. The van der Waals surface area contributed by atoms with Crippen LogP contribution in [0.1, 0.15) is 56.5 Å². The molecule has 1 amide bonds. The van der Waals surface area contributed by atoms with Crippen LogP contribution >= 0.6 is 23.6 Å². The van der Waals surface area contributed by atoms with E-state index in [0.717, 1.165) is 30.1 Å². The summed E-state index contributed by atoms with van der Waals surface area (Å²) in [6.07, 6.45) is 4.37. The first-order valence-corrected chi connectivity index (χ1v) is 10.5. The number of H-pyrrole nitrogens is 2. The molecule has 0 radical (unpaired) electrons. The second kappa shape index (κ2) is 7.88. The van der Waals surface area contributed by atoms with E-state index in [4.69, 9.17) is 12.2 Å². The number of Topliss-reactive ketones (excluding diaryl/α,β-unsaturated/α-hetero) is 1. The lowest BCUT2D eigenvalue weighted by Gasteiger charge is -2.09. The molecule has 1 aliphatic rings. The summed E-state index contributed by atoms with van der Waals surface area (Å²) >= 11 is 6.56. The number of aryl methyl sites for hydroxylation is 1. The van der Waals surface area contributed by atoms with Crippen molar-refractivity contribution in [1.29, 1.82) is 0 Å². The molecule has 0 spiro atoms. The summed E-state index contributed by atoms with van der Waals surface area (Å²) in [5, 5.41) is 12.2. The number of allylic oxidation sites excluding steroid dienone is 1. The molecule has 150 valence electrons. The van der Waals surface area contributed by atoms with Crippen LogP contribution in [-0.4, -0.2) is 36.4 Å². The van der Waals surface area contributed by atoms with Crippen LogP contribution in [0.15, 0.2) is 18.0 Å². The van der Waals surface area contributed by atoms with E-state index < -0.39 is 0 Å². The minimum Gasteiger partial charge on any atom is -0.354 e. The van der Waals surface area contributed by atoms with Crippen molar-refractivity contribution in [2.24, 2.45) is 0 Å². The molecule has 0 atom stereocenters. The molecule has 10 heteroatoms. The number of nitrogens with one attached hydrogen (secondary N) is 3. The Morgan fingerprint density at radius 2 is 2.31 bits per heavy atom. The molecular weight excluding hydrogens is 408 g/mol. The molecule has 8 nitrogen and oxygen atoms in total. The van der Waals surface area contributed by atoms with E-state index in [1.54, 1.807) is 6.08 Å². The number of ketones is 1. The first-order valence-electron chi connectivity index (χ1n) is 9.23. The van der Waals surface area contributed by atoms with Gasteiger partial charge in [-0.05, 0) is 37.5 Å². The molecular formula is C19H20N6O2S2. The Morgan fingerprint density at radius 3 is 3.07 bits per heavy atom. The molecule has 29 heavy (non-hydrogen) atoms. The van der Waals surface area contributed by atoms with Crippen LogP contribution in [-0.2, 0) is 19.4 Å². The molecule has 3 N–H and O–H groups in total. The Hall–Kier alpha value is -2.85. The monoisotopic (exact) mass is 428 g/mol. The molecule has 0 aliphatic heterocycles. The van der Waals surface area contributed by atoms with Crippen molar-refractivity contribution in [3.05, 3.63) is 56.8 Å². The molecule has 1 aliphatic carbocycles. The van der Waals surface area contributed by atoms with Crippen LogP contribution in [0.4, 0.5) is 5.13 Å². The van der Waals surface area contributed by atoms with Crippen LogP contribution in [0.25, 0.3) is 0 Å². The fraction of sp³-hybridized carbons (Fsp3) is 0.316. The smallest absolute Gasteiger partial charge is 0.274 e. The van der Waals surface area contributed by atoms with Gasteiger partial charge in [-0.2, -0.15) is 5.10 Å². The van der Waals surface area contributed by atoms with Crippen molar-refractivity contribution in [3.8, 4) is 0 Å². The fourth-order valence-corrected chi connectivity index (χ4v) is 4.50. The third-order valence-electron chi connectivity index (χ3n) is 4.92. The van der Waals surface area contributed by atoms with Crippen LogP contribution in [0.3, 0.4) is 0 Å². The Balaban J connectivity index is 1.50. The Morgan fingerprint density at radius 1 is 1.48 bits per heavy atom. The first-order chi connectivity index (χ1) is 14.0. The normalized spacial score (nSPS) is 13.3. The number of aromatic amines is 2. The summed E-state index contributed by atoms with van der Waals surface area (Å²) in [5.74, 6) is 0.563. The van der Waals surface area contributed by atoms with Gasteiger partial charge in [-0.3, -0.25) is 24.6 Å². The zero-order valence-electron chi connectivity index (χ0n) is 15.9. The van der Waals surface area contributed by atoms with Crippen molar-refractivity contribution in [3.63, 3.8) is 0 Å². The third-order valence-corrected chi connectivity index (χ3v) is 6.04. The summed E-state index contributed by atoms with van der Waals surface area (Å²) in [5.41, 5.74) is 3.44. The van der Waals surface area contributed by atoms with Gasteiger partial charge in [0, 0.05) is 29.6 Å². The third kappa shape index (κ3) is 3.73. The second-order valence-electron chi connectivity index (χ2n) is 6.87. The van der Waals surface area contributed by atoms with Gasteiger partial charge in [0.1, 0.15) is 11.5 Å². The number of hydrogen-bond acceptors (Lipinski definition) is 6. The van der Waals surface area contributed by atoms with Crippen molar-refractivity contribution in [2.45, 2.75) is 39.2 Å². The quantitative estimate of drug-likeness (QED) is 0.411. The molecule has 0 unspecified atom stereocenters. The SMILES string of the molecule is C=CCn1c(Cc2csc(NC(=O)c3[nH]c4c(c3C)C(=O)CCC4)n2)n[nH]c1=S. The number of rotatable bonds is 6. The van der Waals surface area contributed by atoms with Gasteiger partial charge in [-0.25, -0.2) is 4.98 Å². The van der Waals surface area contributed by atoms with Crippen molar-refractivity contribution in [1.82, 2.24) is 24.7 Å². The number of anilines is 1. The van der Waals surface area contributed by atoms with E-state index in [-0.39, 0.29) is 11.7 Å². The van der Waals surface area contributed by atoms with Crippen LogP contribution in [0.2, 0.25) is 0 Å². The number of thiazole rings is 1. The second-order valence-corrected chi connectivity index (χ2v) is 8.12. The summed E-state index contributed by atoms with van der Waals surface area (Å²) in [4.78, 5) is 32.5. The van der Waals surface area contributed by atoms with E-state index in [1.165, 1.54) is 11.3 Å². The molecule has 0 saturated carbocycles. The lowest BCUT2D eigenvalue weighted by atomic mass is 9.94. The summed E-state index contributed by atoms with van der Waals surface area (Å²) in [6, 6.07) is 0. The molecule has 0 fully saturated rings. The molecule has 0 bridgehead atoms. The summed E-state index contributed by atoms with van der Waals surface area (Å²) in [6.45, 7) is 6.10. The molecule has 0 saturated heterocycles. The van der Waals surface area contributed by atoms with Gasteiger partial charge in [0.05, 0.1) is 12.1 Å².